The summed E-state index contributed by atoms with van der Waals surface area (Å²) in [5, 5.41) is 6.21. The number of para-hydroxylation sites is 1. The second-order valence-corrected chi connectivity index (χ2v) is 20.1. The van der Waals surface area contributed by atoms with Gasteiger partial charge < -0.3 is 29.4 Å². The van der Waals surface area contributed by atoms with Gasteiger partial charge in [0.05, 0.1) is 16.9 Å². The molecule has 2 aliphatic heterocycles. The molecule has 3 aliphatic carbocycles. The first-order valence-electron chi connectivity index (χ1n) is 21.9. The van der Waals surface area contributed by atoms with Crippen molar-refractivity contribution < 1.29 is 54.7 Å². The Morgan fingerprint density at radius 3 is 2.42 bits per heavy atom. The summed E-state index contributed by atoms with van der Waals surface area (Å²) >= 11 is 0. The molecule has 4 fully saturated rings. The molecule has 340 valence electrons. The molecule has 4 heterocycles. The molecular formula is C45H49F3N6O9S. The van der Waals surface area contributed by atoms with Gasteiger partial charge in [0, 0.05) is 23.3 Å². The molecule has 2 aromatic heterocycles. The van der Waals surface area contributed by atoms with Crippen LogP contribution >= 0.6 is 0 Å². The average molecular weight is 907 g/mol. The molecule has 15 nitrogen and oxygen atoms in total. The number of sulfonamides is 1. The summed E-state index contributed by atoms with van der Waals surface area (Å²) in [5.41, 5.74) is -1.34. The number of alkyl halides is 3. The van der Waals surface area contributed by atoms with Crippen molar-refractivity contribution in [3.8, 4) is 17.3 Å². The first-order chi connectivity index (χ1) is 30.5. The highest BCUT2D eigenvalue weighted by atomic mass is 32.2. The number of amides is 4. The Kier molecular flexibility index (Phi) is 11.3. The second kappa shape index (κ2) is 16.7. The van der Waals surface area contributed by atoms with Crippen molar-refractivity contribution in [2.45, 2.75) is 131 Å². The lowest BCUT2D eigenvalue weighted by Gasteiger charge is -2.30. The number of furan rings is 1. The van der Waals surface area contributed by atoms with E-state index in [9.17, 15) is 40.8 Å². The van der Waals surface area contributed by atoms with Crippen LogP contribution in [0.5, 0.6) is 5.88 Å². The zero-order chi connectivity index (χ0) is 45.0. The normalized spacial score (nSPS) is 26.3. The molecule has 19 heteroatoms. The number of halogens is 3. The van der Waals surface area contributed by atoms with Crippen LogP contribution < -0.4 is 20.1 Å². The molecule has 5 aliphatic rings. The summed E-state index contributed by atoms with van der Waals surface area (Å²) in [6.45, 7) is 1.36. The van der Waals surface area contributed by atoms with Gasteiger partial charge in [0.2, 0.25) is 27.4 Å². The fraction of sp³-hybridized carbons (Fsp3) is 0.511. The highest BCUT2D eigenvalue weighted by Gasteiger charge is 2.63. The van der Waals surface area contributed by atoms with Crippen LogP contribution in [0.4, 0.5) is 18.0 Å². The Bertz CT molecular complexity index is 2630. The number of alkyl carbamates (subject to hydrolysis) is 1. The molecule has 0 spiro atoms. The van der Waals surface area contributed by atoms with Gasteiger partial charge in [0.1, 0.15) is 40.9 Å². The largest absolute Gasteiger partial charge is 0.470 e. The van der Waals surface area contributed by atoms with Crippen molar-refractivity contribution in [3.63, 3.8) is 0 Å². The van der Waals surface area contributed by atoms with Crippen molar-refractivity contribution in [2.75, 3.05) is 6.54 Å². The lowest BCUT2D eigenvalue weighted by Crippen LogP contribution is -2.58. The molecular weight excluding hydrogens is 858 g/mol. The van der Waals surface area contributed by atoms with Crippen molar-refractivity contribution >= 4 is 55.9 Å². The van der Waals surface area contributed by atoms with Crippen molar-refractivity contribution in [1.82, 2.24) is 30.2 Å². The van der Waals surface area contributed by atoms with Crippen LogP contribution in [0.15, 0.2) is 65.1 Å². The van der Waals surface area contributed by atoms with Crippen LogP contribution in [0.1, 0.15) is 96.0 Å². The lowest BCUT2D eigenvalue weighted by molar-refractivity contribution is -0.141. The number of hydrogen-bond acceptors (Lipinski definition) is 11. The van der Waals surface area contributed by atoms with E-state index in [0.717, 1.165) is 31.4 Å². The number of carbonyl (C=O) groups is 4. The van der Waals surface area contributed by atoms with Crippen LogP contribution in [0.3, 0.4) is 0 Å². The third-order valence-corrected chi connectivity index (χ3v) is 15.4. The minimum Gasteiger partial charge on any atom is -0.470 e. The number of nitrogens with zero attached hydrogens (tertiary/aromatic N) is 3. The standard InChI is InChI=1S/C45H49F3N6O9S/c1-43(21-22-43)64(59,60)53-41(57)44-24-28(44)11-5-3-2-4-6-15-32(49-42(58)62-29-12-7-8-13-29)40(56)54-25-30(23-33(54)38(55)52-44)61-39-36-35(31-14-9-10-16-34(31)63-36)50-37(51-39)26-17-19-27(20-18-26)45(46,47)48/h5,9-11,14,16-20,28-30,32-33H,2-4,6-8,12-13,15,21-25H2,1H3,(H,49,58)(H,52,55)(H,53,57)/t28-,30-,32+,33+,44-/m1/s1. The smallest absolute Gasteiger partial charge is 0.416 e. The van der Waals surface area contributed by atoms with Gasteiger partial charge >= 0.3 is 12.3 Å². The first kappa shape index (κ1) is 43.5. The molecule has 2 aromatic carbocycles. The molecule has 4 amide bonds. The van der Waals surface area contributed by atoms with E-state index in [-0.39, 0.29) is 54.8 Å². The zero-order valence-corrected chi connectivity index (χ0v) is 35.9. The van der Waals surface area contributed by atoms with Crippen LogP contribution in [0.2, 0.25) is 0 Å². The van der Waals surface area contributed by atoms with Crippen LogP contribution in [-0.2, 0) is 35.3 Å². The number of allylic oxidation sites excluding steroid dienone is 1. The first-order valence-corrected chi connectivity index (χ1v) is 23.4. The van der Waals surface area contributed by atoms with Gasteiger partial charge in [-0.05, 0) is 95.4 Å². The predicted molar refractivity (Wildman–Crippen MR) is 226 cm³/mol. The van der Waals surface area contributed by atoms with E-state index >= 15 is 0 Å². The molecule has 0 radical (unpaired) electrons. The van der Waals surface area contributed by atoms with Gasteiger partial charge in [-0.1, -0.05) is 49.3 Å². The average Bonchev–Trinajstić information content (AvgIpc) is 3.92. The van der Waals surface area contributed by atoms with Crippen LogP contribution in [-0.4, -0.2) is 88.2 Å². The molecule has 9 rings (SSSR count). The Hall–Kier alpha value is -5.72. The minimum atomic E-state index is -4.57. The Labute approximate surface area is 366 Å². The van der Waals surface area contributed by atoms with Crippen molar-refractivity contribution in [3.05, 3.63) is 66.2 Å². The number of rotatable bonds is 8. The minimum absolute atomic E-state index is 0.0327. The van der Waals surface area contributed by atoms with Gasteiger partial charge in [0.15, 0.2) is 5.82 Å². The van der Waals surface area contributed by atoms with Gasteiger partial charge in [-0.2, -0.15) is 18.2 Å². The predicted octanol–water partition coefficient (Wildman–Crippen LogP) is 6.84. The Morgan fingerprint density at radius 2 is 1.69 bits per heavy atom. The molecule has 1 saturated heterocycles. The van der Waals surface area contributed by atoms with Gasteiger partial charge in [0.25, 0.3) is 11.8 Å². The number of hydrogen-bond donors (Lipinski definition) is 3. The third-order valence-electron chi connectivity index (χ3n) is 13.3. The monoisotopic (exact) mass is 906 g/mol. The van der Waals surface area contributed by atoms with Crippen LogP contribution in [0.25, 0.3) is 33.5 Å². The summed E-state index contributed by atoms with van der Waals surface area (Å²) in [4.78, 5) is 67.3. The number of aromatic nitrogens is 2. The maximum absolute atomic E-state index is 14.8. The van der Waals surface area contributed by atoms with E-state index in [1.807, 2.05) is 12.2 Å². The van der Waals surface area contributed by atoms with E-state index in [0.29, 0.717) is 61.4 Å². The summed E-state index contributed by atoms with van der Waals surface area (Å²) in [7, 11) is -4.07. The number of benzene rings is 2. The molecule has 5 atom stereocenters. The zero-order valence-electron chi connectivity index (χ0n) is 35.1. The van der Waals surface area contributed by atoms with Gasteiger partial charge in [-0.3, -0.25) is 19.1 Å². The van der Waals surface area contributed by atoms with Crippen molar-refractivity contribution in [1.29, 1.82) is 0 Å². The summed E-state index contributed by atoms with van der Waals surface area (Å²) in [5.74, 6) is -2.76. The molecule has 3 saturated carbocycles. The Balaban J connectivity index is 1.06. The molecule has 4 aromatic rings. The molecule has 0 unspecified atom stereocenters. The Morgan fingerprint density at radius 1 is 0.953 bits per heavy atom. The van der Waals surface area contributed by atoms with E-state index in [1.165, 1.54) is 17.0 Å². The summed E-state index contributed by atoms with van der Waals surface area (Å²) in [6.07, 6.45) is 4.12. The quantitative estimate of drug-likeness (QED) is 0.157. The van der Waals surface area contributed by atoms with E-state index in [2.05, 4.69) is 25.3 Å². The fourth-order valence-electron chi connectivity index (χ4n) is 9.02. The molecule has 64 heavy (non-hydrogen) atoms. The topological polar surface area (TPSA) is 199 Å². The molecule has 3 N–H and O–H groups in total. The molecule has 0 bridgehead atoms. The SMILES string of the molecule is CC1(S(=O)(=O)NC(=O)[C@@]23C[C@H]2C=CCCCCC[C@H](NC(=O)OC2CCCC2)C(=O)N2C[C@H](Oc4nc(-c5ccc(C(F)(F)F)cc5)nc5c4oc4ccccc45)C[C@H]2C(=O)N3)CC1. The van der Waals surface area contributed by atoms with Gasteiger partial charge in [-0.25, -0.2) is 18.2 Å². The number of nitrogens with one attached hydrogen (secondary N) is 3. The summed E-state index contributed by atoms with van der Waals surface area (Å²) < 4.78 is 86.5. The second-order valence-electron chi connectivity index (χ2n) is 17.9. The van der Waals surface area contributed by atoms with E-state index in [1.54, 1.807) is 31.2 Å². The van der Waals surface area contributed by atoms with Gasteiger partial charge in [-0.15, -0.1) is 0 Å². The van der Waals surface area contributed by atoms with Crippen LogP contribution in [0, 0.1) is 5.92 Å². The fourth-order valence-corrected chi connectivity index (χ4v) is 10.3. The maximum Gasteiger partial charge on any atom is 0.416 e. The summed E-state index contributed by atoms with van der Waals surface area (Å²) in [6, 6.07) is 8.98. The van der Waals surface area contributed by atoms with E-state index in [4.69, 9.17) is 13.9 Å². The highest BCUT2D eigenvalue weighted by Crippen LogP contribution is 2.48. The maximum atomic E-state index is 14.8. The number of carbonyl (C=O) groups excluding carboxylic acids is 4. The number of ether oxygens (including phenoxy) is 2. The third kappa shape index (κ3) is 8.62. The van der Waals surface area contributed by atoms with Crippen molar-refractivity contribution in [2.24, 2.45) is 5.92 Å². The number of fused-ring (bicyclic) bond motifs is 5. The highest BCUT2D eigenvalue weighted by molar-refractivity contribution is 7.91. The lowest BCUT2D eigenvalue weighted by atomic mass is 10.0. The van der Waals surface area contributed by atoms with E-state index < -0.39 is 80.0 Å².